The summed E-state index contributed by atoms with van der Waals surface area (Å²) in [5.74, 6) is 1.68. The number of nitrogens with one attached hydrogen (secondary N) is 3. The highest BCUT2D eigenvalue weighted by molar-refractivity contribution is 5.93. The fourth-order valence-corrected chi connectivity index (χ4v) is 6.77. The molecule has 0 bridgehead atoms. The van der Waals surface area contributed by atoms with Gasteiger partial charge in [-0.3, -0.25) is 19.6 Å². The number of ether oxygens (including phenoxy) is 1. The number of anilines is 1. The molecule has 5 aromatic rings. The van der Waals surface area contributed by atoms with E-state index in [9.17, 15) is 9.59 Å². The zero-order valence-corrected chi connectivity index (χ0v) is 29.4. The molecule has 51 heavy (non-hydrogen) atoms. The molecule has 2 aromatic carbocycles. The largest absolute Gasteiger partial charge is 0.384 e. The first-order valence-electron chi connectivity index (χ1n) is 17.3. The van der Waals surface area contributed by atoms with Crippen LogP contribution in [0.5, 0.6) is 0 Å². The van der Waals surface area contributed by atoms with E-state index in [1.807, 2.05) is 47.4 Å². The lowest BCUT2D eigenvalue weighted by Crippen LogP contribution is -2.46. The van der Waals surface area contributed by atoms with Gasteiger partial charge >= 0.3 is 0 Å². The van der Waals surface area contributed by atoms with Gasteiger partial charge in [-0.25, -0.2) is 15.0 Å². The molecule has 2 aliphatic heterocycles. The Morgan fingerprint density at radius 3 is 2.45 bits per heavy atom. The summed E-state index contributed by atoms with van der Waals surface area (Å²) < 4.78 is 5.31. The van der Waals surface area contributed by atoms with Gasteiger partial charge in [-0.05, 0) is 61.7 Å². The Bertz CT molecular complexity index is 1960. The molecule has 12 heteroatoms. The number of pyridine rings is 1. The first-order valence-corrected chi connectivity index (χ1v) is 17.3. The molecule has 2 aliphatic rings. The minimum Gasteiger partial charge on any atom is -0.384 e. The number of benzene rings is 2. The molecule has 0 spiro atoms. The molecule has 264 valence electrons. The van der Waals surface area contributed by atoms with Crippen LogP contribution in [0.3, 0.4) is 0 Å². The molecule has 1 saturated heterocycles. The maximum absolute atomic E-state index is 12.9. The number of likely N-dealkylation sites (tertiary alicyclic amines) is 1. The van der Waals surface area contributed by atoms with Crippen molar-refractivity contribution in [1.82, 2.24) is 40.3 Å². The van der Waals surface area contributed by atoms with Gasteiger partial charge in [-0.15, -0.1) is 0 Å². The fourth-order valence-electron chi connectivity index (χ4n) is 6.77. The number of H-pyrrole nitrogens is 1. The Morgan fingerprint density at radius 2 is 1.73 bits per heavy atom. The Hall–Kier alpha value is -5.46. The smallest absolute Gasteiger partial charge is 0.237 e. The number of carbonyl (C=O) groups is 2. The van der Waals surface area contributed by atoms with Crippen molar-refractivity contribution in [2.45, 2.75) is 19.8 Å². The molecule has 7 rings (SSSR count). The van der Waals surface area contributed by atoms with Crippen molar-refractivity contribution in [3.8, 4) is 22.6 Å². The second kappa shape index (κ2) is 16.5. The summed E-state index contributed by atoms with van der Waals surface area (Å²) >= 11 is 0. The number of hydrogen-bond acceptors (Lipinski definition) is 9. The van der Waals surface area contributed by atoms with Gasteiger partial charge < -0.3 is 20.3 Å². The Balaban J connectivity index is 0.000000208. The van der Waals surface area contributed by atoms with Crippen molar-refractivity contribution in [2.75, 3.05) is 65.3 Å². The van der Waals surface area contributed by atoms with E-state index in [0.29, 0.717) is 45.0 Å². The summed E-state index contributed by atoms with van der Waals surface area (Å²) in [7, 11) is 3.26. The third-order valence-electron chi connectivity index (χ3n) is 9.42. The molecule has 0 saturated carbocycles. The average molecular weight is 688 g/mol. The number of hydrogen-bond donors (Lipinski definition) is 3. The van der Waals surface area contributed by atoms with Crippen LogP contribution in [-0.4, -0.2) is 107 Å². The van der Waals surface area contributed by atoms with E-state index in [0.717, 1.165) is 58.6 Å². The minimum absolute atomic E-state index is 0.0188. The van der Waals surface area contributed by atoms with E-state index < -0.39 is 5.41 Å². The summed E-state index contributed by atoms with van der Waals surface area (Å²) in [6.45, 7) is 6.16. The summed E-state index contributed by atoms with van der Waals surface area (Å²) in [6, 6.07) is 22.2. The summed E-state index contributed by atoms with van der Waals surface area (Å²) in [5, 5.41) is 14.5. The second-order valence-corrected chi connectivity index (χ2v) is 12.8. The van der Waals surface area contributed by atoms with Crippen molar-refractivity contribution in [3.63, 3.8) is 0 Å². The highest BCUT2D eigenvalue weighted by atomic mass is 16.5. The molecule has 3 N–H and O–H groups in total. The van der Waals surface area contributed by atoms with Crippen LogP contribution in [0.25, 0.3) is 39.1 Å². The summed E-state index contributed by atoms with van der Waals surface area (Å²) in [5.41, 5.74) is 5.91. The van der Waals surface area contributed by atoms with E-state index in [2.05, 4.69) is 71.9 Å². The van der Waals surface area contributed by atoms with Gasteiger partial charge in [-0.2, -0.15) is 5.10 Å². The molecule has 3 aromatic heterocycles. The molecule has 1 unspecified atom stereocenters. The first-order chi connectivity index (χ1) is 24.9. The van der Waals surface area contributed by atoms with Gasteiger partial charge in [0.05, 0.1) is 24.1 Å². The lowest BCUT2D eigenvalue weighted by molar-refractivity contribution is -0.135. The van der Waals surface area contributed by atoms with Gasteiger partial charge in [0.25, 0.3) is 0 Å². The SMILES string of the molecule is CCNc1cc(-c2n[nH]c3ccccc23)ccn1.CNC(=O)C1(COC)CCN(CC(=O)N2CC=C(c3ccc(-c4ncccn4)cc3)CC2)C1. The quantitative estimate of drug-likeness (QED) is 0.187. The second-order valence-electron chi connectivity index (χ2n) is 12.8. The zero-order valence-electron chi connectivity index (χ0n) is 29.4. The topological polar surface area (TPSA) is 141 Å². The predicted molar refractivity (Wildman–Crippen MR) is 200 cm³/mol. The number of amides is 2. The number of para-hydroxylation sites is 1. The maximum Gasteiger partial charge on any atom is 0.237 e. The summed E-state index contributed by atoms with van der Waals surface area (Å²) in [6.07, 6.45) is 8.93. The number of methoxy groups -OCH3 is 1. The Labute approximate surface area is 298 Å². The van der Waals surface area contributed by atoms with Crippen LogP contribution in [0.1, 0.15) is 25.3 Å². The number of aromatic amines is 1. The predicted octanol–water partition coefficient (Wildman–Crippen LogP) is 4.90. The van der Waals surface area contributed by atoms with Gasteiger partial charge in [0.15, 0.2) is 5.82 Å². The van der Waals surface area contributed by atoms with E-state index in [-0.39, 0.29) is 11.8 Å². The van der Waals surface area contributed by atoms with Crippen molar-refractivity contribution >= 4 is 34.1 Å². The fraction of sp³-hybridized carbons (Fsp3) is 0.333. The highest BCUT2D eigenvalue weighted by Crippen LogP contribution is 2.32. The first kappa shape index (κ1) is 35.4. The Kier molecular flexibility index (Phi) is 11.4. The van der Waals surface area contributed by atoms with E-state index in [4.69, 9.17) is 4.74 Å². The third kappa shape index (κ3) is 8.30. The molecule has 5 heterocycles. The van der Waals surface area contributed by atoms with Gasteiger partial charge in [-0.1, -0.05) is 48.5 Å². The van der Waals surface area contributed by atoms with E-state index >= 15 is 0 Å². The third-order valence-corrected chi connectivity index (χ3v) is 9.42. The molecular weight excluding hydrogens is 642 g/mol. The van der Waals surface area contributed by atoms with Crippen LogP contribution in [0, 0.1) is 5.41 Å². The number of rotatable bonds is 10. The van der Waals surface area contributed by atoms with Crippen molar-refractivity contribution in [3.05, 3.63) is 97.0 Å². The van der Waals surface area contributed by atoms with Gasteiger partial charge in [0.2, 0.25) is 11.8 Å². The zero-order chi connectivity index (χ0) is 35.6. The molecule has 0 radical (unpaired) electrons. The van der Waals surface area contributed by atoms with Crippen LogP contribution in [-0.2, 0) is 14.3 Å². The average Bonchev–Trinajstić information content (AvgIpc) is 3.81. The molecular formula is C39H45N9O3. The lowest BCUT2D eigenvalue weighted by atomic mass is 9.87. The van der Waals surface area contributed by atoms with Crippen LogP contribution in [0.4, 0.5) is 5.82 Å². The standard InChI is InChI=1S/C25H31N5O3.C14H14N4/c1-26-24(32)25(18-33-2)10-15-29(17-25)16-22(31)30-13-8-20(9-14-30)19-4-6-21(7-5-19)23-27-11-3-12-28-23;1-2-15-13-9-10(7-8-16-13)14-11-5-3-4-6-12(11)17-18-14/h3-8,11-12H,9-10,13-18H2,1-2H3,(H,26,32);3-9H,2H2,1H3,(H,15,16)(H,17,18). The molecule has 2 amide bonds. The summed E-state index contributed by atoms with van der Waals surface area (Å²) in [4.78, 5) is 42.1. The Morgan fingerprint density at radius 1 is 0.941 bits per heavy atom. The van der Waals surface area contributed by atoms with Crippen molar-refractivity contribution < 1.29 is 14.3 Å². The maximum atomic E-state index is 12.9. The van der Waals surface area contributed by atoms with Crippen LogP contribution < -0.4 is 10.6 Å². The van der Waals surface area contributed by atoms with Gasteiger partial charge in [0, 0.05) is 75.4 Å². The lowest BCUT2D eigenvalue weighted by Gasteiger charge is -2.30. The van der Waals surface area contributed by atoms with Crippen LogP contribution in [0.15, 0.2) is 91.4 Å². The number of nitrogens with zero attached hydrogens (tertiary/aromatic N) is 6. The van der Waals surface area contributed by atoms with E-state index in [1.165, 1.54) is 5.57 Å². The molecule has 12 nitrogen and oxygen atoms in total. The number of carbonyl (C=O) groups excluding carboxylic acids is 2. The highest BCUT2D eigenvalue weighted by Gasteiger charge is 2.44. The van der Waals surface area contributed by atoms with Crippen LogP contribution >= 0.6 is 0 Å². The monoisotopic (exact) mass is 687 g/mol. The van der Waals surface area contributed by atoms with Gasteiger partial charge in [0.1, 0.15) is 11.5 Å². The van der Waals surface area contributed by atoms with Crippen molar-refractivity contribution in [2.24, 2.45) is 5.41 Å². The molecule has 0 aliphatic carbocycles. The molecule has 1 fully saturated rings. The van der Waals surface area contributed by atoms with Crippen molar-refractivity contribution in [1.29, 1.82) is 0 Å². The number of fused-ring (bicyclic) bond motifs is 1. The van der Waals surface area contributed by atoms with E-state index in [1.54, 1.807) is 38.8 Å². The molecule has 1 atom stereocenters. The van der Waals surface area contributed by atoms with Crippen LogP contribution in [0.2, 0.25) is 0 Å². The number of aromatic nitrogens is 5. The minimum atomic E-state index is -0.574. The normalized spacial score (nSPS) is 17.4.